The van der Waals surface area contributed by atoms with Crippen LogP contribution in [-0.4, -0.2) is 6.71 Å². The van der Waals surface area contributed by atoms with Gasteiger partial charge in [0.2, 0.25) is 6.71 Å². The van der Waals surface area contributed by atoms with Crippen molar-refractivity contribution in [3.63, 3.8) is 0 Å². The Hall–Kier alpha value is -5.96. The molecule has 1 fully saturated rings. The Labute approximate surface area is 515 Å². The number of aryl methyl sites for hydroxylation is 4. The molecule has 1 aliphatic heterocycles. The van der Waals surface area contributed by atoms with E-state index in [1.54, 1.807) is 33.4 Å². The summed E-state index contributed by atoms with van der Waals surface area (Å²) in [5.41, 5.74) is 31.9. The first-order valence-electron chi connectivity index (χ1n) is 32.9. The minimum Gasteiger partial charge on any atom is -0.135 e. The van der Waals surface area contributed by atoms with E-state index >= 15 is 0 Å². The van der Waals surface area contributed by atoms with Crippen molar-refractivity contribution in [2.45, 2.75) is 219 Å². The topological polar surface area (TPSA) is 0 Å². The Bertz CT molecular complexity index is 4240. The molecule has 4 aliphatic carbocycles. The van der Waals surface area contributed by atoms with Gasteiger partial charge in [0, 0.05) is 42.8 Å². The SMILES string of the molecule is Cc1cc(C)c2c(c1)C(CCc1cc3c(cc1C)C(C)(C)CC3(C)C)c1cc3c(cc1B2c1ccc(CC2c4ccc(C(C)(C)C)cc4C4(C)CCCCC24C)cc1C(C)c1cccc2sc4ccccc4c12)C(C)(C)c1ccccc1C3(C)C. The summed E-state index contributed by atoms with van der Waals surface area (Å²) >= 11 is 1.95. The van der Waals surface area contributed by atoms with Crippen LogP contribution in [0.25, 0.3) is 20.2 Å². The zero-order valence-corrected chi connectivity index (χ0v) is 55.5. The van der Waals surface area contributed by atoms with E-state index in [2.05, 4.69) is 257 Å². The maximum Gasteiger partial charge on any atom is 0.242 e. The summed E-state index contributed by atoms with van der Waals surface area (Å²) in [7, 11) is 0. The maximum atomic E-state index is 2.79. The third kappa shape index (κ3) is 8.45. The predicted octanol–water partition coefficient (Wildman–Crippen LogP) is 20.1. The van der Waals surface area contributed by atoms with E-state index in [4.69, 9.17) is 0 Å². The van der Waals surface area contributed by atoms with Gasteiger partial charge >= 0.3 is 0 Å². The zero-order valence-electron chi connectivity index (χ0n) is 54.7. The number of thiophene rings is 1. The number of hydrogen-bond acceptors (Lipinski definition) is 1. The van der Waals surface area contributed by atoms with Crippen molar-refractivity contribution in [3.05, 3.63) is 240 Å². The molecular weight excluding hydrogens is 1040 g/mol. The van der Waals surface area contributed by atoms with Crippen molar-refractivity contribution < 1.29 is 0 Å². The summed E-state index contributed by atoms with van der Waals surface area (Å²) in [6, 6.07) is 57.5. The van der Waals surface area contributed by atoms with E-state index in [0.717, 1.165) is 19.3 Å². The van der Waals surface area contributed by atoms with Gasteiger partial charge in [0.1, 0.15) is 0 Å². The van der Waals surface area contributed by atoms with Gasteiger partial charge in [-0.3, -0.25) is 0 Å². The second-order valence-electron chi connectivity index (χ2n) is 32.0. The lowest BCUT2D eigenvalue weighted by Gasteiger charge is -2.49. The lowest BCUT2D eigenvalue weighted by atomic mass is 9.30. The van der Waals surface area contributed by atoms with Crippen LogP contribution >= 0.6 is 11.3 Å². The van der Waals surface area contributed by atoms with Gasteiger partial charge in [-0.1, -0.05) is 265 Å². The molecule has 2 heteroatoms. The normalized spacial score (nSPS) is 23.2. The largest absolute Gasteiger partial charge is 0.242 e. The Morgan fingerprint density at radius 2 is 1.22 bits per heavy atom. The summed E-state index contributed by atoms with van der Waals surface area (Å²) in [5, 5.41) is 2.81. The van der Waals surface area contributed by atoms with E-state index in [-0.39, 0.29) is 56.5 Å². The monoisotopic (exact) mass is 1130 g/mol. The summed E-state index contributed by atoms with van der Waals surface area (Å²) in [6.07, 6.45) is 9.52. The van der Waals surface area contributed by atoms with Crippen molar-refractivity contribution in [1.82, 2.24) is 0 Å². The van der Waals surface area contributed by atoms with Gasteiger partial charge in [0.05, 0.1) is 0 Å². The average Bonchev–Trinajstić information content (AvgIpc) is 1.57. The molecule has 0 amide bonds. The van der Waals surface area contributed by atoms with Crippen LogP contribution in [0.1, 0.15) is 253 Å². The molecule has 5 unspecified atom stereocenters. The third-order valence-corrected chi connectivity index (χ3v) is 25.2. The molecule has 2 heterocycles. The molecular formula is C83H93BS. The van der Waals surface area contributed by atoms with E-state index in [1.165, 1.54) is 135 Å². The Morgan fingerprint density at radius 1 is 0.553 bits per heavy atom. The first kappa shape index (κ1) is 56.8. The Morgan fingerprint density at radius 3 is 1.95 bits per heavy atom. The quantitative estimate of drug-likeness (QED) is 0.133. The first-order valence-corrected chi connectivity index (χ1v) is 33.7. The minimum atomic E-state index is -0.189. The predicted molar refractivity (Wildman–Crippen MR) is 369 cm³/mol. The highest BCUT2D eigenvalue weighted by Crippen LogP contribution is 2.66. The average molecular weight is 1130 g/mol. The van der Waals surface area contributed by atoms with E-state index in [9.17, 15) is 0 Å². The van der Waals surface area contributed by atoms with Gasteiger partial charge in [0.15, 0.2) is 0 Å². The third-order valence-electron chi connectivity index (χ3n) is 24.1. The highest BCUT2D eigenvalue weighted by atomic mass is 32.1. The van der Waals surface area contributed by atoms with Gasteiger partial charge in [-0.05, 0) is 193 Å². The van der Waals surface area contributed by atoms with E-state index in [0.29, 0.717) is 5.92 Å². The highest BCUT2D eigenvalue weighted by Gasteiger charge is 2.58. The molecule has 0 radical (unpaired) electrons. The van der Waals surface area contributed by atoms with Crippen molar-refractivity contribution in [3.8, 4) is 0 Å². The number of benzene rings is 8. The molecule has 14 rings (SSSR count). The highest BCUT2D eigenvalue weighted by molar-refractivity contribution is 7.25. The molecule has 8 aromatic carbocycles. The molecule has 5 atom stereocenters. The lowest BCUT2D eigenvalue weighted by molar-refractivity contribution is 0.0794. The fourth-order valence-electron chi connectivity index (χ4n) is 19.4. The van der Waals surface area contributed by atoms with Gasteiger partial charge in [-0.25, -0.2) is 0 Å². The van der Waals surface area contributed by atoms with Crippen LogP contribution in [0, 0.1) is 26.2 Å². The lowest BCUT2D eigenvalue weighted by Crippen LogP contribution is -2.60. The molecule has 0 saturated heterocycles. The second kappa shape index (κ2) is 19.3. The first-order chi connectivity index (χ1) is 40.1. The molecule has 1 aromatic heterocycles. The van der Waals surface area contributed by atoms with Gasteiger partial charge in [-0.15, -0.1) is 11.3 Å². The molecule has 1 saturated carbocycles. The summed E-state index contributed by atoms with van der Waals surface area (Å²) in [4.78, 5) is 0. The van der Waals surface area contributed by atoms with Crippen LogP contribution in [0.2, 0.25) is 0 Å². The number of fused-ring (bicyclic) bond motifs is 11. The molecule has 85 heavy (non-hydrogen) atoms. The van der Waals surface area contributed by atoms with Gasteiger partial charge in [-0.2, -0.15) is 0 Å². The smallest absolute Gasteiger partial charge is 0.135 e. The van der Waals surface area contributed by atoms with Gasteiger partial charge in [0.25, 0.3) is 0 Å². The molecule has 0 spiro atoms. The van der Waals surface area contributed by atoms with Crippen LogP contribution in [0.15, 0.2) is 140 Å². The summed E-state index contributed by atoms with van der Waals surface area (Å²) < 4.78 is 2.76. The number of rotatable bonds is 8. The molecule has 0 bridgehead atoms. The fourth-order valence-corrected chi connectivity index (χ4v) is 20.6. The van der Waals surface area contributed by atoms with Crippen LogP contribution in [0.3, 0.4) is 0 Å². The zero-order chi connectivity index (χ0) is 59.9. The van der Waals surface area contributed by atoms with Crippen molar-refractivity contribution >= 4 is 54.6 Å². The second-order valence-corrected chi connectivity index (χ2v) is 33.1. The summed E-state index contributed by atoms with van der Waals surface area (Å²) in [5.74, 6) is 0.801. The Balaban J connectivity index is 0.999. The Kier molecular flexibility index (Phi) is 12.9. The molecule has 0 N–H and O–H groups in total. The standard InChI is InChI=1S/C83H93BS/c1-49-39-51(3)76-62(40-49)57(34-32-54-44-68-67(41-50(54)2)78(8,9)48-79(68,10)11)61-46-69-70(81(14,15)64-28-20-19-27-63(64)80(69,12)13)47-72(61)84(76)71-36-31-53(42-60(71)52(4)56-26-24-30-74-75(56)59-25-18-21-29-73(59)85-74)43-65-58-35-33-55(77(5,6)7)45-66(58)83(17)38-23-22-37-82(65,83)16/h18-21,24-31,33,35-36,39-42,44-47,52,57,65H,22-23,32,34,37-38,43,48H2,1-17H3. The fraction of sp³-hybridized carbons (Fsp3) is 0.422. The molecule has 434 valence electrons. The minimum absolute atomic E-state index is 0.0418. The van der Waals surface area contributed by atoms with Crippen LogP contribution in [-0.2, 0) is 45.3 Å². The van der Waals surface area contributed by atoms with E-state index < -0.39 is 0 Å². The van der Waals surface area contributed by atoms with Crippen LogP contribution in [0.4, 0.5) is 0 Å². The van der Waals surface area contributed by atoms with E-state index in [1.807, 2.05) is 11.3 Å². The maximum absolute atomic E-state index is 2.79. The summed E-state index contributed by atoms with van der Waals surface area (Å²) in [6.45, 7) is 42.3. The molecule has 5 aliphatic rings. The number of hydrogen-bond donors (Lipinski definition) is 0. The van der Waals surface area contributed by atoms with Crippen molar-refractivity contribution in [2.75, 3.05) is 0 Å². The van der Waals surface area contributed by atoms with Crippen molar-refractivity contribution in [2.24, 2.45) is 5.41 Å². The molecule has 9 aromatic rings. The van der Waals surface area contributed by atoms with Gasteiger partial charge < -0.3 is 0 Å². The molecule has 0 nitrogen and oxygen atoms in total. The van der Waals surface area contributed by atoms with Crippen molar-refractivity contribution in [1.29, 1.82) is 0 Å². The van der Waals surface area contributed by atoms with Crippen LogP contribution < -0.4 is 16.4 Å². The van der Waals surface area contributed by atoms with Crippen LogP contribution in [0.5, 0.6) is 0 Å².